The van der Waals surface area contributed by atoms with Crippen LogP contribution in [0.25, 0.3) is 0 Å². The van der Waals surface area contributed by atoms with E-state index in [0.717, 1.165) is 6.42 Å². The number of terminal acetylenes is 1. The van der Waals surface area contributed by atoms with Crippen LogP contribution in [-0.2, 0) is 13.0 Å². The van der Waals surface area contributed by atoms with E-state index in [1.807, 2.05) is 12.1 Å². The van der Waals surface area contributed by atoms with Crippen molar-refractivity contribution in [3.8, 4) is 12.8 Å². The molecule has 0 amide bonds. The van der Waals surface area contributed by atoms with Crippen LogP contribution in [-0.4, -0.2) is 13.6 Å². The van der Waals surface area contributed by atoms with Gasteiger partial charge in [0.15, 0.2) is 0 Å². The van der Waals surface area contributed by atoms with Gasteiger partial charge in [0.1, 0.15) is 0 Å². The van der Waals surface area contributed by atoms with Gasteiger partial charge >= 0.3 is 0 Å². The van der Waals surface area contributed by atoms with Crippen LogP contribution in [0.1, 0.15) is 11.1 Å². The van der Waals surface area contributed by atoms with Crippen LogP contribution in [0.4, 0.5) is 0 Å². The minimum absolute atomic E-state index is 0.610. The lowest BCUT2D eigenvalue weighted by molar-refractivity contribution is 0.959. The highest BCUT2D eigenvalue weighted by atomic mass is 14.5. The van der Waals surface area contributed by atoms with Gasteiger partial charge < -0.3 is 17.2 Å². The van der Waals surface area contributed by atoms with Gasteiger partial charge in [0.05, 0.1) is 0 Å². The Morgan fingerprint density at radius 2 is 1.60 bits per heavy atom. The monoisotopic (exact) mass is 207 g/mol. The Kier molecular flexibility index (Phi) is 13.6. The Morgan fingerprint density at radius 3 is 2.07 bits per heavy atom. The smallest absolute Gasteiger partial charge is 0.0178 e. The zero-order valence-corrected chi connectivity index (χ0v) is 9.32. The molecule has 0 fully saturated rings. The van der Waals surface area contributed by atoms with Crippen LogP contribution in [0.15, 0.2) is 24.3 Å². The number of hydrogen-bond donors (Lipinski definition) is 3. The first-order chi connectivity index (χ1) is 7.36. The van der Waals surface area contributed by atoms with Gasteiger partial charge in [-0.3, -0.25) is 0 Å². The van der Waals surface area contributed by atoms with Gasteiger partial charge in [-0.1, -0.05) is 24.3 Å². The summed E-state index contributed by atoms with van der Waals surface area (Å²) in [4.78, 5) is 0. The van der Waals surface area contributed by atoms with Gasteiger partial charge in [0.25, 0.3) is 0 Å². The van der Waals surface area contributed by atoms with Crippen LogP contribution in [0.3, 0.4) is 0 Å². The molecule has 6 N–H and O–H groups in total. The van der Waals surface area contributed by atoms with E-state index in [1.165, 1.54) is 18.2 Å². The zero-order valence-electron chi connectivity index (χ0n) is 9.32. The van der Waals surface area contributed by atoms with Crippen LogP contribution in [0.2, 0.25) is 0 Å². The molecule has 1 rings (SSSR count). The largest absolute Gasteiger partial charge is 0.333 e. The Balaban J connectivity index is 0. The first-order valence-corrected chi connectivity index (χ1v) is 4.76. The summed E-state index contributed by atoms with van der Waals surface area (Å²) in [5, 5.41) is 0. The molecule has 1 aromatic rings. The highest BCUT2D eigenvalue weighted by Crippen LogP contribution is 2.04. The summed E-state index contributed by atoms with van der Waals surface area (Å²) in [7, 11) is 1.50. The molecule has 0 bridgehead atoms. The summed E-state index contributed by atoms with van der Waals surface area (Å²) in [5.74, 6) is 0. The molecule has 0 unspecified atom stereocenters. The maximum absolute atomic E-state index is 5.48. The van der Waals surface area contributed by atoms with Crippen molar-refractivity contribution in [3.63, 3.8) is 0 Å². The van der Waals surface area contributed by atoms with Crippen molar-refractivity contribution < 1.29 is 0 Å². The summed E-state index contributed by atoms with van der Waals surface area (Å²) >= 11 is 0. The second kappa shape index (κ2) is 12.7. The molecule has 15 heavy (non-hydrogen) atoms. The molecule has 3 heteroatoms. The van der Waals surface area contributed by atoms with Crippen LogP contribution >= 0.6 is 0 Å². The Morgan fingerprint density at radius 1 is 1.07 bits per heavy atom. The van der Waals surface area contributed by atoms with Crippen molar-refractivity contribution >= 4 is 0 Å². The average molecular weight is 207 g/mol. The van der Waals surface area contributed by atoms with Crippen LogP contribution in [0, 0.1) is 12.8 Å². The van der Waals surface area contributed by atoms with E-state index in [9.17, 15) is 0 Å². The van der Waals surface area contributed by atoms with E-state index >= 15 is 0 Å². The topological polar surface area (TPSA) is 78.1 Å². The molecule has 0 aliphatic heterocycles. The SMILES string of the molecule is C#C.CN.NCCc1cccc(CN)c1. The predicted octanol–water partition coefficient (Wildman–Crippen LogP) is 0.471. The maximum atomic E-state index is 5.48. The van der Waals surface area contributed by atoms with Crippen LogP contribution < -0.4 is 17.2 Å². The third-order valence-electron chi connectivity index (χ3n) is 1.66. The summed E-state index contributed by atoms with van der Waals surface area (Å²) in [6.07, 6.45) is 8.94. The molecule has 0 aromatic heterocycles. The van der Waals surface area contributed by atoms with Crippen molar-refractivity contribution in [3.05, 3.63) is 35.4 Å². The molecule has 1 aromatic carbocycles. The number of rotatable bonds is 3. The summed E-state index contributed by atoms with van der Waals surface area (Å²) < 4.78 is 0. The minimum atomic E-state index is 0.610. The molecule has 0 saturated heterocycles. The second-order valence-electron chi connectivity index (χ2n) is 2.56. The Bertz CT molecular complexity index is 256. The molecule has 0 aliphatic carbocycles. The summed E-state index contributed by atoms with van der Waals surface area (Å²) in [5.41, 5.74) is 17.9. The third kappa shape index (κ3) is 7.71. The van der Waals surface area contributed by atoms with E-state index in [1.54, 1.807) is 0 Å². The fourth-order valence-corrected chi connectivity index (χ4v) is 1.08. The first-order valence-electron chi connectivity index (χ1n) is 4.76. The van der Waals surface area contributed by atoms with Crippen LogP contribution in [0.5, 0.6) is 0 Å². The molecular formula is C12H21N3. The Hall–Kier alpha value is -1.34. The third-order valence-corrected chi connectivity index (χ3v) is 1.66. The zero-order chi connectivity index (χ0) is 12.1. The van der Waals surface area contributed by atoms with Crippen molar-refractivity contribution in [2.45, 2.75) is 13.0 Å². The van der Waals surface area contributed by atoms with Crippen molar-refractivity contribution in [2.75, 3.05) is 13.6 Å². The second-order valence-corrected chi connectivity index (χ2v) is 2.56. The van der Waals surface area contributed by atoms with Gasteiger partial charge in [0.2, 0.25) is 0 Å². The van der Waals surface area contributed by atoms with Crippen molar-refractivity contribution in [1.29, 1.82) is 0 Å². The van der Waals surface area contributed by atoms with E-state index in [2.05, 4.69) is 30.7 Å². The van der Waals surface area contributed by atoms with Gasteiger partial charge in [-0.05, 0) is 31.1 Å². The first kappa shape index (κ1) is 16.1. The molecule has 0 radical (unpaired) electrons. The highest BCUT2D eigenvalue weighted by Gasteiger charge is 1.91. The fourth-order valence-electron chi connectivity index (χ4n) is 1.08. The minimum Gasteiger partial charge on any atom is -0.333 e. The van der Waals surface area contributed by atoms with Gasteiger partial charge in [-0.2, -0.15) is 0 Å². The lowest BCUT2D eigenvalue weighted by atomic mass is 10.1. The van der Waals surface area contributed by atoms with Gasteiger partial charge in [0, 0.05) is 6.54 Å². The number of nitrogens with two attached hydrogens (primary N) is 3. The van der Waals surface area contributed by atoms with E-state index in [4.69, 9.17) is 11.5 Å². The fraction of sp³-hybridized carbons (Fsp3) is 0.333. The molecule has 0 atom stereocenters. The molecule has 84 valence electrons. The molecule has 0 aliphatic rings. The average Bonchev–Trinajstić information content (AvgIpc) is 2.35. The standard InChI is InChI=1S/C9H14N2.C2H2.CH5N/c10-5-4-8-2-1-3-9(6-8)7-11;2*1-2/h1-3,6H,4-5,7,10-11H2;1-2H;2H2,1H3. The van der Waals surface area contributed by atoms with E-state index in [-0.39, 0.29) is 0 Å². The normalized spacial score (nSPS) is 7.87. The molecule has 0 spiro atoms. The summed E-state index contributed by atoms with van der Waals surface area (Å²) in [6.45, 7) is 1.31. The van der Waals surface area contributed by atoms with E-state index < -0.39 is 0 Å². The molecule has 3 nitrogen and oxygen atoms in total. The predicted molar refractivity (Wildman–Crippen MR) is 67.1 cm³/mol. The summed E-state index contributed by atoms with van der Waals surface area (Å²) in [6, 6.07) is 8.23. The Labute approximate surface area is 92.7 Å². The van der Waals surface area contributed by atoms with Crippen molar-refractivity contribution in [2.24, 2.45) is 17.2 Å². The lowest BCUT2D eigenvalue weighted by Crippen LogP contribution is -2.03. The molecule has 0 saturated carbocycles. The number of benzene rings is 1. The van der Waals surface area contributed by atoms with Gasteiger partial charge in [-0.15, -0.1) is 12.8 Å². The van der Waals surface area contributed by atoms with E-state index in [0.29, 0.717) is 13.1 Å². The molecule has 0 heterocycles. The maximum Gasteiger partial charge on any atom is 0.0178 e. The molecular weight excluding hydrogens is 186 g/mol. The quantitative estimate of drug-likeness (QED) is 0.630. The lowest BCUT2D eigenvalue weighted by Gasteiger charge is -2.00. The van der Waals surface area contributed by atoms with Gasteiger partial charge in [-0.25, -0.2) is 0 Å². The highest BCUT2D eigenvalue weighted by molar-refractivity contribution is 5.23. The number of hydrogen-bond acceptors (Lipinski definition) is 3. The van der Waals surface area contributed by atoms with Crippen molar-refractivity contribution in [1.82, 2.24) is 0 Å².